The molecule has 0 amide bonds. The molecule has 0 fully saturated rings. The monoisotopic (exact) mass is 462 g/mol. The molecule has 2 heterocycles. The maximum Gasteiger partial charge on any atom is 0.264 e. The Kier molecular flexibility index (Phi) is 5.24. The zero-order valence-corrected chi connectivity index (χ0v) is 20.4. The van der Waals surface area contributed by atoms with Crippen molar-refractivity contribution < 1.29 is 12.8 Å². The lowest BCUT2D eigenvalue weighted by molar-refractivity contribution is 0.179. The van der Waals surface area contributed by atoms with Crippen molar-refractivity contribution in [1.82, 2.24) is 4.98 Å². The highest BCUT2D eigenvalue weighted by atomic mass is 32.2. The molecule has 0 aliphatic heterocycles. The molecule has 1 N–H and O–H groups in total. The summed E-state index contributed by atoms with van der Waals surface area (Å²) in [6, 6.07) is 12.8. The zero-order valence-electron chi connectivity index (χ0n) is 19.6. The predicted molar refractivity (Wildman–Crippen MR) is 133 cm³/mol. The van der Waals surface area contributed by atoms with E-state index in [9.17, 15) is 8.42 Å². The van der Waals surface area contributed by atoms with Gasteiger partial charge in [-0.1, -0.05) is 45.4 Å². The van der Waals surface area contributed by atoms with Gasteiger partial charge in [0.05, 0.1) is 11.2 Å². The molecule has 6 heteroatoms. The second kappa shape index (κ2) is 7.87. The molecule has 2 aromatic heterocycles. The Balaban J connectivity index is 1.55. The quantitative estimate of drug-likeness (QED) is 0.361. The van der Waals surface area contributed by atoms with Crippen LogP contribution in [0.15, 0.2) is 58.0 Å². The average Bonchev–Trinajstić information content (AvgIpc) is 3.15. The minimum Gasteiger partial charge on any atom is -0.461 e. The molecule has 1 atom stereocenters. The Morgan fingerprint density at radius 2 is 1.97 bits per heavy atom. The summed E-state index contributed by atoms with van der Waals surface area (Å²) in [5, 5.41) is 1.81. The molecule has 0 bridgehead atoms. The number of nitrogens with one attached hydrogen (secondary N) is 1. The Bertz CT molecular complexity index is 1460. The molecule has 4 aromatic rings. The van der Waals surface area contributed by atoms with Crippen molar-refractivity contribution in [2.24, 2.45) is 11.3 Å². The van der Waals surface area contributed by atoms with Crippen molar-refractivity contribution in [3.63, 3.8) is 0 Å². The number of nitrogens with zero attached hydrogens (tertiary/aromatic N) is 1. The Morgan fingerprint density at radius 1 is 1.18 bits per heavy atom. The van der Waals surface area contributed by atoms with E-state index >= 15 is 0 Å². The number of rotatable bonds is 5. The minimum atomic E-state index is -3.82. The maximum atomic E-state index is 13.4. The van der Waals surface area contributed by atoms with Crippen molar-refractivity contribution in [2.45, 2.75) is 58.3 Å². The number of anilines is 1. The molecule has 0 saturated heterocycles. The molecular formula is C27H30N2O3S. The maximum absolute atomic E-state index is 13.4. The number of aromatic nitrogens is 1. The van der Waals surface area contributed by atoms with Crippen molar-refractivity contribution in [2.75, 3.05) is 4.72 Å². The van der Waals surface area contributed by atoms with Crippen molar-refractivity contribution in [3.05, 3.63) is 65.5 Å². The molecule has 33 heavy (non-hydrogen) atoms. The highest BCUT2D eigenvalue weighted by Gasteiger charge is 2.33. The normalized spacial score (nSPS) is 16.8. The first-order chi connectivity index (χ1) is 15.7. The Hall–Kier alpha value is -2.86. The smallest absolute Gasteiger partial charge is 0.264 e. The van der Waals surface area contributed by atoms with E-state index in [0.29, 0.717) is 17.1 Å². The Labute approximate surface area is 195 Å². The largest absolute Gasteiger partial charge is 0.461 e. The fraction of sp³-hybridized carbons (Fsp3) is 0.370. The lowest BCUT2D eigenvalue weighted by Gasteiger charge is -2.36. The molecular weight excluding hydrogens is 432 g/mol. The van der Waals surface area contributed by atoms with Gasteiger partial charge in [0.25, 0.3) is 10.0 Å². The van der Waals surface area contributed by atoms with E-state index in [1.165, 1.54) is 5.56 Å². The van der Waals surface area contributed by atoms with Crippen LogP contribution in [0.2, 0.25) is 0 Å². The van der Waals surface area contributed by atoms with E-state index < -0.39 is 10.0 Å². The molecule has 5 rings (SSSR count). The number of para-hydroxylation sites is 1. The predicted octanol–water partition coefficient (Wildman–Crippen LogP) is 6.63. The van der Waals surface area contributed by atoms with E-state index in [1.54, 1.807) is 24.4 Å². The van der Waals surface area contributed by atoms with Gasteiger partial charge in [-0.3, -0.25) is 9.71 Å². The number of pyridine rings is 1. The van der Waals surface area contributed by atoms with E-state index in [-0.39, 0.29) is 10.3 Å². The number of sulfonamides is 1. The highest BCUT2D eigenvalue weighted by Crippen LogP contribution is 2.43. The first kappa shape index (κ1) is 22.0. The number of hydrogen-bond donors (Lipinski definition) is 1. The SMILES string of the molecule is CCC(C)(C)[C@@H]1CCc2oc3cc(C)c(NS(=O)(=O)c4cccc5cccnc45)cc3c2C1. The lowest BCUT2D eigenvalue weighted by Crippen LogP contribution is -2.28. The van der Waals surface area contributed by atoms with Gasteiger partial charge in [0.15, 0.2) is 0 Å². The first-order valence-electron chi connectivity index (χ1n) is 11.6. The van der Waals surface area contributed by atoms with Gasteiger partial charge in [-0.2, -0.15) is 0 Å². The van der Waals surface area contributed by atoms with Gasteiger partial charge in [-0.05, 0) is 60.9 Å². The number of benzene rings is 2. The van der Waals surface area contributed by atoms with E-state index in [1.807, 2.05) is 31.2 Å². The fourth-order valence-electron chi connectivity index (χ4n) is 4.98. The first-order valence-corrected chi connectivity index (χ1v) is 13.1. The highest BCUT2D eigenvalue weighted by molar-refractivity contribution is 7.93. The van der Waals surface area contributed by atoms with Crippen molar-refractivity contribution in [1.29, 1.82) is 0 Å². The molecule has 2 aromatic carbocycles. The zero-order chi connectivity index (χ0) is 23.4. The molecule has 5 nitrogen and oxygen atoms in total. The van der Waals surface area contributed by atoms with E-state index in [4.69, 9.17) is 4.42 Å². The molecule has 1 aliphatic rings. The second-order valence-corrected chi connectivity index (χ2v) is 11.5. The summed E-state index contributed by atoms with van der Waals surface area (Å²) < 4.78 is 35.8. The van der Waals surface area contributed by atoms with Crippen LogP contribution in [0, 0.1) is 18.3 Å². The fourth-order valence-corrected chi connectivity index (χ4v) is 6.29. The van der Waals surface area contributed by atoms with E-state index in [0.717, 1.165) is 53.4 Å². The summed E-state index contributed by atoms with van der Waals surface area (Å²) in [6.45, 7) is 8.84. The van der Waals surface area contributed by atoms with E-state index in [2.05, 4.69) is 30.5 Å². The summed E-state index contributed by atoms with van der Waals surface area (Å²) in [5.41, 5.74) is 4.21. The summed E-state index contributed by atoms with van der Waals surface area (Å²) in [7, 11) is -3.82. The summed E-state index contributed by atoms with van der Waals surface area (Å²) in [5.74, 6) is 1.63. The standard InChI is InChI=1S/C27H30N2O3S/c1-5-27(3,4)19-11-12-23-20(15-19)21-16-22(17(2)14-24(21)32-23)29-33(30,31)25-10-6-8-18-9-7-13-28-26(18)25/h6-10,13-14,16,19,29H,5,11-12,15H2,1-4H3/t19-/m1/s1. The van der Waals surface area contributed by atoms with Crippen LogP contribution in [0.25, 0.3) is 21.9 Å². The second-order valence-electron chi connectivity index (χ2n) is 9.89. The summed E-state index contributed by atoms with van der Waals surface area (Å²) >= 11 is 0. The van der Waals surface area contributed by atoms with Crippen LogP contribution >= 0.6 is 0 Å². The average molecular weight is 463 g/mol. The number of furan rings is 1. The molecule has 172 valence electrons. The number of fused-ring (bicyclic) bond motifs is 4. The van der Waals surface area contributed by atoms with Gasteiger partial charge in [-0.15, -0.1) is 0 Å². The molecule has 1 aliphatic carbocycles. The third-order valence-electron chi connectivity index (χ3n) is 7.54. The molecule has 0 radical (unpaired) electrons. The number of hydrogen-bond acceptors (Lipinski definition) is 4. The van der Waals surface area contributed by atoms with Crippen LogP contribution in [0.4, 0.5) is 5.69 Å². The molecule has 0 unspecified atom stereocenters. The van der Waals surface area contributed by atoms with Gasteiger partial charge in [0, 0.05) is 29.0 Å². The van der Waals surface area contributed by atoms with Crippen LogP contribution in [0.1, 0.15) is 50.5 Å². The third-order valence-corrected chi connectivity index (χ3v) is 8.93. The Morgan fingerprint density at radius 3 is 2.76 bits per heavy atom. The topological polar surface area (TPSA) is 72.2 Å². The van der Waals surface area contributed by atoms with Gasteiger partial charge in [0.1, 0.15) is 16.2 Å². The lowest BCUT2D eigenvalue weighted by atomic mass is 9.69. The molecule has 0 saturated carbocycles. The van der Waals surface area contributed by atoms with Gasteiger partial charge < -0.3 is 4.42 Å². The minimum absolute atomic E-state index is 0.180. The van der Waals surface area contributed by atoms with Gasteiger partial charge >= 0.3 is 0 Å². The van der Waals surface area contributed by atoms with Crippen LogP contribution in [0.3, 0.4) is 0 Å². The number of aryl methyl sites for hydroxylation is 2. The van der Waals surface area contributed by atoms with Crippen molar-refractivity contribution >= 4 is 37.6 Å². The summed E-state index contributed by atoms with van der Waals surface area (Å²) in [4.78, 5) is 4.50. The van der Waals surface area contributed by atoms with Gasteiger partial charge in [-0.25, -0.2) is 8.42 Å². The van der Waals surface area contributed by atoms with Gasteiger partial charge in [0.2, 0.25) is 0 Å². The summed E-state index contributed by atoms with van der Waals surface area (Å²) in [6.07, 6.45) is 5.77. The van der Waals surface area contributed by atoms with Crippen LogP contribution in [0.5, 0.6) is 0 Å². The third kappa shape index (κ3) is 3.80. The van der Waals surface area contributed by atoms with Crippen molar-refractivity contribution in [3.8, 4) is 0 Å². The van der Waals surface area contributed by atoms with Crippen LogP contribution < -0.4 is 4.72 Å². The van der Waals surface area contributed by atoms with Crippen LogP contribution in [-0.2, 0) is 22.9 Å². The van der Waals surface area contributed by atoms with Crippen LogP contribution in [-0.4, -0.2) is 13.4 Å². The molecule has 0 spiro atoms.